The van der Waals surface area contributed by atoms with Crippen LogP contribution in [0.3, 0.4) is 0 Å². The highest BCUT2D eigenvalue weighted by molar-refractivity contribution is 5.96. The number of carbonyl (C=O) groups is 2. The van der Waals surface area contributed by atoms with E-state index in [0.29, 0.717) is 24.1 Å². The van der Waals surface area contributed by atoms with Crippen molar-refractivity contribution in [2.45, 2.75) is 69.0 Å². The SMILES string of the molecule is C[C@H]1O[C@H](CCc2c(F)cncc2NC(=O)[C@@H](N)C(c2ccc(F)cc2)c2ccc(F)cc2)CN[C@@H]1COC(=O)CCC(F)(F)F. The van der Waals surface area contributed by atoms with Crippen LogP contribution in [0.5, 0.6) is 0 Å². The first-order valence-corrected chi connectivity index (χ1v) is 14.6. The monoisotopic (exact) mass is 652 g/mol. The first-order chi connectivity index (χ1) is 21.8. The van der Waals surface area contributed by atoms with Crippen LogP contribution in [0.15, 0.2) is 60.9 Å². The second kappa shape index (κ2) is 15.5. The molecule has 248 valence electrons. The lowest BCUT2D eigenvalue weighted by atomic mass is 9.85. The fourth-order valence-corrected chi connectivity index (χ4v) is 5.20. The van der Waals surface area contributed by atoms with Gasteiger partial charge in [-0.25, -0.2) is 13.2 Å². The van der Waals surface area contributed by atoms with E-state index in [4.69, 9.17) is 15.2 Å². The minimum absolute atomic E-state index is 0.0953. The first-order valence-electron chi connectivity index (χ1n) is 14.6. The van der Waals surface area contributed by atoms with Gasteiger partial charge < -0.3 is 25.8 Å². The molecule has 1 aliphatic rings. The molecule has 0 bridgehead atoms. The van der Waals surface area contributed by atoms with E-state index < -0.39 is 78.6 Å². The van der Waals surface area contributed by atoms with Gasteiger partial charge in [-0.05, 0) is 55.2 Å². The molecule has 1 amide bonds. The van der Waals surface area contributed by atoms with Crippen LogP contribution < -0.4 is 16.4 Å². The van der Waals surface area contributed by atoms with E-state index in [9.17, 15) is 35.9 Å². The first kappa shape index (κ1) is 34.9. The maximum atomic E-state index is 15.0. The number of carbonyl (C=O) groups excluding carboxylic acids is 2. The molecule has 2 heterocycles. The summed E-state index contributed by atoms with van der Waals surface area (Å²) >= 11 is 0. The molecule has 4 rings (SSSR count). The Hall–Kier alpha value is -4.01. The van der Waals surface area contributed by atoms with E-state index in [2.05, 4.69) is 15.6 Å². The standard InChI is InChI=1S/C32H34F6N4O4/c1-18-27(17-45-28(43)12-13-32(36,37)38)41-14-23(46-18)10-11-24-25(35)15-40-16-26(24)42-31(44)30(39)29(19-2-6-21(33)7-3-19)20-4-8-22(34)9-5-20/h2-9,15-16,18,23,27,29-30,41H,10-14,17,39H2,1H3,(H,42,44)/t18-,23-,27-,30+/m1/s1. The third-order valence-corrected chi connectivity index (χ3v) is 7.72. The average molecular weight is 653 g/mol. The number of amides is 1. The van der Waals surface area contributed by atoms with E-state index in [-0.39, 0.29) is 24.3 Å². The summed E-state index contributed by atoms with van der Waals surface area (Å²) in [6.07, 6.45) is -4.60. The van der Waals surface area contributed by atoms with Crippen molar-refractivity contribution < 1.29 is 45.4 Å². The van der Waals surface area contributed by atoms with Gasteiger partial charge in [0.1, 0.15) is 24.1 Å². The maximum Gasteiger partial charge on any atom is 0.389 e. The van der Waals surface area contributed by atoms with Gasteiger partial charge in [-0.15, -0.1) is 0 Å². The van der Waals surface area contributed by atoms with Gasteiger partial charge in [0.25, 0.3) is 0 Å². The number of rotatable bonds is 12. The molecule has 0 spiro atoms. The molecule has 3 aromatic rings. The molecule has 1 fully saturated rings. The molecule has 1 aromatic heterocycles. The molecule has 1 saturated heterocycles. The minimum Gasteiger partial charge on any atom is -0.464 e. The summed E-state index contributed by atoms with van der Waals surface area (Å²) in [5.41, 5.74) is 7.69. The molecule has 0 saturated carbocycles. The summed E-state index contributed by atoms with van der Waals surface area (Å²) in [6.45, 7) is 1.84. The zero-order valence-electron chi connectivity index (χ0n) is 24.8. The molecule has 2 aromatic carbocycles. The number of aromatic nitrogens is 1. The van der Waals surface area contributed by atoms with Crippen molar-refractivity contribution in [2.75, 3.05) is 18.5 Å². The van der Waals surface area contributed by atoms with E-state index in [1.807, 2.05) is 0 Å². The van der Waals surface area contributed by atoms with E-state index in [1.54, 1.807) is 6.92 Å². The lowest BCUT2D eigenvalue weighted by Crippen LogP contribution is -2.53. The number of anilines is 1. The van der Waals surface area contributed by atoms with Gasteiger partial charge in [-0.1, -0.05) is 24.3 Å². The van der Waals surface area contributed by atoms with Gasteiger partial charge in [0, 0.05) is 18.0 Å². The zero-order chi connectivity index (χ0) is 33.4. The van der Waals surface area contributed by atoms with Gasteiger partial charge in [0.2, 0.25) is 5.91 Å². The number of ether oxygens (including phenoxy) is 2. The van der Waals surface area contributed by atoms with Crippen molar-refractivity contribution in [1.82, 2.24) is 10.3 Å². The summed E-state index contributed by atoms with van der Waals surface area (Å²) in [4.78, 5) is 28.9. The van der Waals surface area contributed by atoms with Gasteiger partial charge in [0.05, 0.1) is 55.2 Å². The maximum absolute atomic E-state index is 15.0. The number of pyridine rings is 1. The summed E-state index contributed by atoms with van der Waals surface area (Å²) in [5, 5.41) is 5.80. The molecule has 0 aliphatic carbocycles. The lowest BCUT2D eigenvalue weighted by Gasteiger charge is -2.35. The molecule has 4 N–H and O–H groups in total. The zero-order valence-corrected chi connectivity index (χ0v) is 24.8. The summed E-state index contributed by atoms with van der Waals surface area (Å²) in [7, 11) is 0. The molecule has 46 heavy (non-hydrogen) atoms. The number of nitrogens with one attached hydrogen (secondary N) is 2. The average Bonchev–Trinajstić information content (AvgIpc) is 3.01. The highest BCUT2D eigenvalue weighted by atomic mass is 19.4. The van der Waals surface area contributed by atoms with Crippen molar-refractivity contribution in [3.8, 4) is 0 Å². The predicted octanol–water partition coefficient (Wildman–Crippen LogP) is 5.16. The van der Waals surface area contributed by atoms with Crippen molar-refractivity contribution in [3.05, 3.63) is 95.1 Å². The number of benzene rings is 2. The van der Waals surface area contributed by atoms with Gasteiger partial charge in [-0.2, -0.15) is 13.2 Å². The highest BCUT2D eigenvalue weighted by Crippen LogP contribution is 2.30. The molecule has 1 aliphatic heterocycles. The number of hydrogen-bond acceptors (Lipinski definition) is 7. The Bertz CT molecular complexity index is 1430. The van der Waals surface area contributed by atoms with Crippen LogP contribution in [0, 0.1) is 17.5 Å². The fourth-order valence-electron chi connectivity index (χ4n) is 5.20. The lowest BCUT2D eigenvalue weighted by molar-refractivity contribution is -0.159. The number of hydrogen-bond donors (Lipinski definition) is 3. The Morgan fingerprint density at radius 2 is 1.65 bits per heavy atom. The fraction of sp³-hybridized carbons (Fsp3) is 0.406. The van der Waals surface area contributed by atoms with Gasteiger partial charge >= 0.3 is 12.1 Å². The van der Waals surface area contributed by atoms with E-state index >= 15 is 0 Å². The molecular formula is C32H34F6N4O4. The van der Waals surface area contributed by atoms with Gasteiger partial charge in [0.15, 0.2) is 0 Å². The van der Waals surface area contributed by atoms with Crippen LogP contribution in [0.2, 0.25) is 0 Å². The number of halogens is 6. The number of morpholine rings is 1. The number of esters is 1. The van der Waals surface area contributed by atoms with Crippen LogP contribution in [0.4, 0.5) is 32.0 Å². The molecule has 0 unspecified atom stereocenters. The van der Waals surface area contributed by atoms with Crippen molar-refractivity contribution in [1.29, 1.82) is 0 Å². The van der Waals surface area contributed by atoms with Crippen molar-refractivity contribution in [3.63, 3.8) is 0 Å². The van der Waals surface area contributed by atoms with E-state index in [0.717, 1.165) is 6.20 Å². The van der Waals surface area contributed by atoms with Crippen LogP contribution in [0.25, 0.3) is 0 Å². The van der Waals surface area contributed by atoms with Crippen LogP contribution >= 0.6 is 0 Å². The molecular weight excluding hydrogens is 618 g/mol. The predicted molar refractivity (Wildman–Crippen MR) is 156 cm³/mol. The second-order valence-corrected chi connectivity index (χ2v) is 11.1. The third-order valence-electron chi connectivity index (χ3n) is 7.72. The largest absolute Gasteiger partial charge is 0.464 e. The second-order valence-electron chi connectivity index (χ2n) is 11.1. The summed E-state index contributed by atoms with van der Waals surface area (Å²) < 4.78 is 90.2. The van der Waals surface area contributed by atoms with Crippen LogP contribution in [-0.2, 0) is 25.5 Å². The van der Waals surface area contributed by atoms with Crippen molar-refractivity contribution >= 4 is 17.6 Å². The van der Waals surface area contributed by atoms with Crippen LogP contribution in [-0.4, -0.2) is 60.5 Å². The van der Waals surface area contributed by atoms with E-state index in [1.165, 1.54) is 54.7 Å². The topological polar surface area (TPSA) is 116 Å². The minimum atomic E-state index is -4.45. The smallest absolute Gasteiger partial charge is 0.389 e. The highest BCUT2D eigenvalue weighted by Gasteiger charge is 2.32. The number of nitrogens with zero attached hydrogens (tertiary/aromatic N) is 1. The molecule has 4 atom stereocenters. The Morgan fingerprint density at radius 1 is 1.04 bits per heavy atom. The molecule has 14 heteroatoms. The Morgan fingerprint density at radius 3 is 2.22 bits per heavy atom. The normalized spacial score (nSPS) is 19.1. The van der Waals surface area contributed by atoms with Gasteiger partial charge in [-0.3, -0.25) is 14.6 Å². The molecule has 0 radical (unpaired) electrons. The Labute approximate surface area is 261 Å². The summed E-state index contributed by atoms with van der Waals surface area (Å²) in [5.74, 6) is -4.06. The number of alkyl halides is 3. The summed E-state index contributed by atoms with van der Waals surface area (Å²) in [6, 6.07) is 9.13. The van der Waals surface area contributed by atoms with Crippen molar-refractivity contribution in [2.24, 2.45) is 5.73 Å². The quantitative estimate of drug-likeness (QED) is 0.183. The molecule has 8 nitrogen and oxygen atoms in total. The Balaban J connectivity index is 1.38. The van der Waals surface area contributed by atoms with Crippen LogP contribution in [0.1, 0.15) is 48.8 Å². The number of nitrogens with two attached hydrogens (primary N) is 1. The Kier molecular flexibility index (Phi) is 11.8. The third kappa shape index (κ3) is 9.74.